The molecule has 1 N–H and O–H groups in total. The number of esters is 1. The molecule has 1 aliphatic heterocycles. The van der Waals surface area contributed by atoms with Crippen molar-refractivity contribution in [2.24, 2.45) is 0 Å². The van der Waals surface area contributed by atoms with E-state index in [4.69, 9.17) is 18.9 Å². The number of rotatable bonds is 7. The van der Waals surface area contributed by atoms with E-state index in [1.54, 1.807) is 50.6 Å². The second-order valence-corrected chi connectivity index (χ2v) is 10.7. The third-order valence-electron chi connectivity index (χ3n) is 7.47. The van der Waals surface area contributed by atoms with E-state index in [9.17, 15) is 9.90 Å². The van der Waals surface area contributed by atoms with Gasteiger partial charge in [-0.05, 0) is 73.2 Å². The van der Waals surface area contributed by atoms with Crippen LogP contribution in [0.3, 0.4) is 0 Å². The van der Waals surface area contributed by atoms with Gasteiger partial charge in [0.15, 0.2) is 0 Å². The van der Waals surface area contributed by atoms with Crippen molar-refractivity contribution in [2.45, 2.75) is 63.1 Å². The Morgan fingerprint density at radius 3 is 1.97 bits per heavy atom. The number of fused-ring (bicyclic) bond motifs is 1. The SMILES string of the molecule is COc1ccc(C(O)(C(=O)O[C@@H]2CC[C@H]3OC3C([N+](C)(C)C)C2)c2ccc(OC)c(C)c2)cc1C. The standard InChI is InChI=1S/C28H38NO6/c1-17-14-19(8-11-23(17)32-6)28(31,20-9-12-24(33-7)18(2)15-20)27(30)34-21-10-13-25-26(35-25)22(16-21)29(3,4)5/h8-9,11-12,14-15,21-22,25-26,31H,10,13,16H2,1-7H3/q+1/t21-,22?,25-,26?/m1/s1. The molecule has 35 heavy (non-hydrogen) atoms. The Bertz CT molecular complexity index is 1040. The molecule has 2 fully saturated rings. The summed E-state index contributed by atoms with van der Waals surface area (Å²) in [6.45, 7) is 3.77. The molecule has 1 aliphatic carbocycles. The molecule has 4 atom stereocenters. The average molecular weight is 485 g/mol. The zero-order chi connectivity index (χ0) is 25.5. The van der Waals surface area contributed by atoms with Crippen LogP contribution in [0.25, 0.3) is 0 Å². The first-order chi connectivity index (χ1) is 16.5. The molecule has 2 aliphatic rings. The van der Waals surface area contributed by atoms with Crippen LogP contribution in [0.15, 0.2) is 36.4 Å². The van der Waals surface area contributed by atoms with Crippen LogP contribution in [-0.4, -0.2) is 75.3 Å². The lowest BCUT2D eigenvalue weighted by atomic mass is 9.84. The summed E-state index contributed by atoms with van der Waals surface area (Å²) in [6, 6.07) is 10.8. The van der Waals surface area contributed by atoms with E-state index in [2.05, 4.69) is 21.1 Å². The Morgan fingerprint density at radius 2 is 1.51 bits per heavy atom. The van der Waals surface area contributed by atoms with Gasteiger partial charge in [-0.1, -0.05) is 12.1 Å². The molecule has 0 aromatic heterocycles. The highest BCUT2D eigenvalue weighted by molar-refractivity contribution is 5.86. The third kappa shape index (κ3) is 4.90. The molecule has 0 amide bonds. The number of nitrogens with zero attached hydrogens (tertiary/aromatic N) is 1. The molecular formula is C28H38NO6+. The highest BCUT2D eigenvalue weighted by Gasteiger charge is 2.54. The first-order valence-corrected chi connectivity index (χ1v) is 12.2. The quantitative estimate of drug-likeness (QED) is 0.368. The van der Waals surface area contributed by atoms with E-state index < -0.39 is 11.6 Å². The van der Waals surface area contributed by atoms with Crippen molar-refractivity contribution in [3.05, 3.63) is 58.7 Å². The van der Waals surface area contributed by atoms with Gasteiger partial charge in [-0.3, -0.25) is 0 Å². The predicted molar refractivity (Wildman–Crippen MR) is 133 cm³/mol. The van der Waals surface area contributed by atoms with Crippen LogP contribution in [0.2, 0.25) is 0 Å². The zero-order valence-corrected chi connectivity index (χ0v) is 21.8. The molecule has 2 aromatic carbocycles. The fourth-order valence-electron chi connectivity index (χ4n) is 5.31. The van der Waals surface area contributed by atoms with Gasteiger partial charge in [0.05, 0.1) is 41.5 Å². The monoisotopic (exact) mass is 484 g/mol. The minimum atomic E-state index is -1.98. The smallest absolute Gasteiger partial charge is 0.347 e. The second kappa shape index (κ2) is 9.45. The maximum Gasteiger partial charge on any atom is 0.347 e. The Morgan fingerprint density at radius 1 is 0.971 bits per heavy atom. The first kappa shape index (κ1) is 25.5. The Balaban J connectivity index is 1.70. The Labute approximate surface area is 208 Å². The normalized spacial score (nSPS) is 24.2. The summed E-state index contributed by atoms with van der Waals surface area (Å²) >= 11 is 0. The number of hydrogen-bond donors (Lipinski definition) is 1. The molecule has 7 nitrogen and oxygen atoms in total. The number of benzene rings is 2. The summed E-state index contributed by atoms with van der Waals surface area (Å²) in [5, 5.41) is 12.1. The van der Waals surface area contributed by atoms with Crippen LogP contribution in [-0.2, 0) is 19.9 Å². The average Bonchev–Trinajstić information content (AvgIpc) is 3.59. The van der Waals surface area contributed by atoms with Crippen molar-refractivity contribution >= 4 is 5.97 Å². The van der Waals surface area contributed by atoms with Crippen molar-refractivity contribution in [3.63, 3.8) is 0 Å². The van der Waals surface area contributed by atoms with Gasteiger partial charge in [0.1, 0.15) is 29.7 Å². The number of methoxy groups -OCH3 is 2. The molecule has 7 heteroatoms. The van der Waals surface area contributed by atoms with E-state index in [0.29, 0.717) is 35.5 Å². The predicted octanol–water partition coefficient (Wildman–Crippen LogP) is 3.49. The van der Waals surface area contributed by atoms with Gasteiger partial charge in [0.2, 0.25) is 5.60 Å². The van der Waals surface area contributed by atoms with Gasteiger partial charge < -0.3 is 28.5 Å². The minimum absolute atomic E-state index is 0.200. The zero-order valence-electron chi connectivity index (χ0n) is 21.8. The van der Waals surface area contributed by atoms with Gasteiger partial charge in [-0.25, -0.2) is 4.79 Å². The van der Waals surface area contributed by atoms with Crippen molar-refractivity contribution in [2.75, 3.05) is 35.4 Å². The number of aliphatic hydroxyl groups is 1. The van der Waals surface area contributed by atoms with Gasteiger partial charge in [-0.2, -0.15) is 0 Å². The lowest BCUT2D eigenvalue weighted by molar-refractivity contribution is -0.897. The first-order valence-electron chi connectivity index (χ1n) is 12.2. The number of ether oxygens (including phenoxy) is 4. The van der Waals surface area contributed by atoms with Crippen molar-refractivity contribution in [3.8, 4) is 11.5 Å². The number of quaternary nitrogens is 1. The van der Waals surface area contributed by atoms with Gasteiger partial charge in [0.25, 0.3) is 0 Å². The van der Waals surface area contributed by atoms with E-state index >= 15 is 0 Å². The summed E-state index contributed by atoms with van der Waals surface area (Å²) in [6.07, 6.45) is 2.38. The fraction of sp³-hybridized carbons (Fsp3) is 0.536. The molecule has 0 bridgehead atoms. The fourth-order valence-corrected chi connectivity index (χ4v) is 5.31. The summed E-state index contributed by atoms with van der Waals surface area (Å²) in [7, 11) is 9.62. The maximum absolute atomic E-state index is 13.9. The highest BCUT2D eigenvalue weighted by atomic mass is 16.6. The van der Waals surface area contributed by atoms with Crippen molar-refractivity contribution in [1.82, 2.24) is 0 Å². The van der Waals surface area contributed by atoms with E-state index in [1.165, 1.54) is 0 Å². The number of likely N-dealkylation sites (N-methyl/N-ethyl adjacent to an activating group) is 1. The van der Waals surface area contributed by atoms with E-state index in [-0.39, 0.29) is 24.4 Å². The van der Waals surface area contributed by atoms with Crippen LogP contribution in [0, 0.1) is 13.8 Å². The minimum Gasteiger partial charge on any atom is -0.496 e. The summed E-state index contributed by atoms with van der Waals surface area (Å²) in [4.78, 5) is 13.9. The Hall–Kier alpha value is -2.61. The third-order valence-corrected chi connectivity index (χ3v) is 7.47. The molecule has 2 unspecified atom stereocenters. The molecule has 1 saturated heterocycles. The number of hydrogen-bond acceptors (Lipinski definition) is 6. The summed E-state index contributed by atoms with van der Waals surface area (Å²) in [5.74, 6) is 0.696. The van der Waals surface area contributed by atoms with Crippen LogP contribution < -0.4 is 9.47 Å². The molecular weight excluding hydrogens is 446 g/mol. The van der Waals surface area contributed by atoms with Crippen LogP contribution in [0.5, 0.6) is 11.5 Å². The molecule has 1 heterocycles. The number of carbonyl (C=O) groups is 1. The van der Waals surface area contributed by atoms with Gasteiger partial charge in [-0.15, -0.1) is 0 Å². The molecule has 1 saturated carbocycles. The number of aryl methyl sites for hydroxylation is 2. The van der Waals surface area contributed by atoms with E-state index in [1.807, 2.05) is 13.8 Å². The molecule has 190 valence electrons. The maximum atomic E-state index is 13.9. The lowest BCUT2D eigenvalue weighted by Crippen LogP contribution is -2.50. The van der Waals surface area contributed by atoms with Crippen LogP contribution >= 0.6 is 0 Å². The van der Waals surface area contributed by atoms with Crippen LogP contribution in [0.1, 0.15) is 41.5 Å². The largest absolute Gasteiger partial charge is 0.496 e. The molecule has 0 spiro atoms. The molecule has 0 radical (unpaired) electrons. The highest BCUT2D eigenvalue weighted by Crippen LogP contribution is 2.41. The van der Waals surface area contributed by atoms with Gasteiger partial charge in [0, 0.05) is 6.42 Å². The topological polar surface area (TPSA) is 77.5 Å². The summed E-state index contributed by atoms with van der Waals surface area (Å²) < 4.78 is 23.5. The molecule has 4 rings (SSSR count). The second-order valence-electron chi connectivity index (χ2n) is 10.7. The van der Waals surface area contributed by atoms with Gasteiger partial charge >= 0.3 is 5.97 Å². The lowest BCUT2D eigenvalue weighted by Gasteiger charge is -2.35. The Kier molecular flexibility index (Phi) is 6.88. The summed E-state index contributed by atoms with van der Waals surface area (Å²) in [5.41, 5.74) is 0.532. The number of carbonyl (C=O) groups excluding carboxylic acids is 1. The van der Waals surface area contributed by atoms with E-state index in [0.717, 1.165) is 22.0 Å². The molecule has 2 aromatic rings. The number of epoxide rings is 1. The van der Waals surface area contributed by atoms with Crippen molar-refractivity contribution in [1.29, 1.82) is 0 Å². The van der Waals surface area contributed by atoms with Crippen LogP contribution in [0.4, 0.5) is 0 Å². The van der Waals surface area contributed by atoms with Crippen molar-refractivity contribution < 1.29 is 33.3 Å².